The maximum Gasteiger partial charge on any atom is 0.253 e. The molecule has 0 bridgehead atoms. The third-order valence-corrected chi connectivity index (χ3v) is 4.74. The van der Waals surface area contributed by atoms with E-state index in [4.69, 9.17) is 0 Å². The normalized spacial score (nSPS) is 29.7. The number of carbonyl (C=O) groups excluding carboxylic acids is 1. The lowest BCUT2D eigenvalue weighted by Gasteiger charge is -2.29. The summed E-state index contributed by atoms with van der Waals surface area (Å²) in [5, 5.41) is 12.9. The van der Waals surface area contributed by atoms with Crippen molar-refractivity contribution in [1.29, 1.82) is 0 Å². The van der Waals surface area contributed by atoms with Crippen LogP contribution in [0.1, 0.15) is 41.6 Å². The molecular formula is C16H23N3O2. The molecule has 1 aromatic rings. The Hall–Kier alpha value is -1.46. The Morgan fingerprint density at radius 1 is 1.43 bits per heavy atom. The van der Waals surface area contributed by atoms with E-state index >= 15 is 0 Å². The molecule has 114 valence electrons. The molecule has 1 aliphatic carbocycles. The molecule has 21 heavy (non-hydrogen) atoms. The summed E-state index contributed by atoms with van der Waals surface area (Å²) >= 11 is 0. The fourth-order valence-electron chi connectivity index (χ4n) is 3.56. The van der Waals surface area contributed by atoms with Gasteiger partial charge in [0.2, 0.25) is 0 Å². The Kier molecular flexibility index (Phi) is 4.22. The number of aromatic nitrogens is 1. The predicted octanol–water partition coefficient (Wildman–Crippen LogP) is 1.11. The highest BCUT2D eigenvalue weighted by atomic mass is 16.3. The number of amides is 1. The fraction of sp³-hybridized carbons (Fsp3) is 0.625. The first-order valence-corrected chi connectivity index (χ1v) is 7.79. The van der Waals surface area contributed by atoms with Crippen LogP contribution in [0, 0.1) is 6.92 Å². The van der Waals surface area contributed by atoms with Crippen molar-refractivity contribution < 1.29 is 9.90 Å². The van der Waals surface area contributed by atoms with Gasteiger partial charge in [-0.15, -0.1) is 0 Å². The molecule has 3 atom stereocenters. The maximum absolute atomic E-state index is 12.4. The van der Waals surface area contributed by atoms with Gasteiger partial charge >= 0.3 is 0 Å². The van der Waals surface area contributed by atoms with E-state index in [1.165, 1.54) is 0 Å². The van der Waals surface area contributed by atoms with E-state index in [0.29, 0.717) is 11.6 Å². The Labute approximate surface area is 125 Å². The molecule has 1 saturated carbocycles. The van der Waals surface area contributed by atoms with Gasteiger partial charge in [-0.3, -0.25) is 14.7 Å². The van der Waals surface area contributed by atoms with Gasteiger partial charge in [0.25, 0.3) is 5.91 Å². The van der Waals surface area contributed by atoms with Crippen LogP contribution >= 0.6 is 0 Å². The van der Waals surface area contributed by atoms with Gasteiger partial charge in [0.1, 0.15) is 0 Å². The molecule has 2 fully saturated rings. The number of likely N-dealkylation sites (tertiary alicyclic amines) is 1. The minimum atomic E-state index is -0.206. The molecule has 3 rings (SSSR count). The van der Waals surface area contributed by atoms with Gasteiger partial charge < -0.3 is 10.4 Å². The van der Waals surface area contributed by atoms with Crippen molar-refractivity contribution in [2.24, 2.45) is 0 Å². The number of aliphatic hydroxyl groups excluding tert-OH is 1. The van der Waals surface area contributed by atoms with E-state index in [-0.39, 0.29) is 18.1 Å². The van der Waals surface area contributed by atoms with Crippen molar-refractivity contribution in [2.45, 2.75) is 50.8 Å². The number of nitrogens with zero attached hydrogens (tertiary/aromatic N) is 2. The zero-order valence-electron chi connectivity index (χ0n) is 12.5. The molecule has 1 saturated heterocycles. The highest BCUT2D eigenvalue weighted by Gasteiger charge is 2.36. The lowest BCUT2D eigenvalue weighted by molar-refractivity contribution is 0.0905. The highest BCUT2D eigenvalue weighted by Crippen LogP contribution is 2.27. The Bertz CT molecular complexity index is 520. The topological polar surface area (TPSA) is 65.5 Å². The first-order chi connectivity index (χ1) is 10.1. The van der Waals surface area contributed by atoms with Crippen molar-refractivity contribution in [2.75, 3.05) is 13.1 Å². The third-order valence-electron chi connectivity index (χ3n) is 4.74. The minimum Gasteiger partial charge on any atom is -0.392 e. The van der Waals surface area contributed by atoms with Gasteiger partial charge in [-0.1, -0.05) is 0 Å². The average Bonchev–Trinajstić information content (AvgIpc) is 3.08. The number of hydrogen-bond acceptors (Lipinski definition) is 4. The summed E-state index contributed by atoms with van der Waals surface area (Å²) in [7, 11) is 0. The molecule has 5 nitrogen and oxygen atoms in total. The molecule has 2 heterocycles. The van der Waals surface area contributed by atoms with Crippen molar-refractivity contribution in [3.05, 3.63) is 29.6 Å². The molecule has 1 aliphatic heterocycles. The number of rotatable bonds is 3. The molecular weight excluding hydrogens is 266 g/mol. The molecule has 1 amide bonds. The van der Waals surface area contributed by atoms with Gasteiger partial charge in [0.05, 0.1) is 11.7 Å². The second kappa shape index (κ2) is 6.12. The Balaban J connectivity index is 1.66. The smallest absolute Gasteiger partial charge is 0.253 e. The van der Waals surface area contributed by atoms with Crippen molar-refractivity contribution in [3.8, 4) is 0 Å². The van der Waals surface area contributed by atoms with Crippen LogP contribution in [0.2, 0.25) is 0 Å². The van der Waals surface area contributed by atoms with Gasteiger partial charge in [0, 0.05) is 37.6 Å². The van der Waals surface area contributed by atoms with E-state index in [2.05, 4.69) is 15.2 Å². The summed E-state index contributed by atoms with van der Waals surface area (Å²) in [4.78, 5) is 18.8. The van der Waals surface area contributed by atoms with E-state index < -0.39 is 0 Å². The largest absolute Gasteiger partial charge is 0.392 e. The number of aliphatic hydroxyl groups is 1. The third kappa shape index (κ3) is 3.09. The quantitative estimate of drug-likeness (QED) is 0.875. The summed E-state index contributed by atoms with van der Waals surface area (Å²) in [6.45, 7) is 3.60. The second-order valence-electron chi connectivity index (χ2n) is 6.21. The highest BCUT2D eigenvalue weighted by molar-refractivity contribution is 5.95. The first kappa shape index (κ1) is 14.5. The van der Waals surface area contributed by atoms with Crippen LogP contribution in [0.15, 0.2) is 18.5 Å². The predicted molar refractivity (Wildman–Crippen MR) is 80.1 cm³/mol. The van der Waals surface area contributed by atoms with Crippen LogP contribution in [-0.2, 0) is 0 Å². The van der Waals surface area contributed by atoms with E-state index in [1.807, 2.05) is 13.0 Å². The van der Waals surface area contributed by atoms with Crippen LogP contribution in [0.25, 0.3) is 0 Å². The van der Waals surface area contributed by atoms with Crippen LogP contribution < -0.4 is 5.32 Å². The van der Waals surface area contributed by atoms with Crippen molar-refractivity contribution >= 4 is 5.91 Å². The number of pyridine rings is 1. The molecule has 1 aromatic heterocycles. The number of nitrogens with one attached hydrogen (secondary N) is 1. The van der Waals surface area contributed by atoms with E-state index in [1.54, 1.807) is 12.4 Å². The van der Waals surface area contributed by atoms with Crippen LogP contribution in [0.4, 0.5) is 0 Å². The molecule has 1 unspecified atom stereocenters. The zero-order valence-corrected chi connectivity index (χ0v) is 12.5. The summed E-state index contributed by atoms with van der Waals surface area (Å²) in [6.07, 6.45) is 7.23. The number of carbonyl (C=O) groups is 1. The molecule has 0 radical (unpaired) electrons. The standard InChI is InChI=1S/C16H23N3O2/c1-11-5-7-17-9-13(11)16(21)18-14-3-2-4-15(14)19-8-6-12(20)10-19/h5,7,9,12,14-15,20H,2-4,6,8,10H2,1H3,(H,18,21)/t12?,14-,15+/m1/s1. The lowest BCUT2D eigenvalue weighted by atomic mass is 10.1. The van der Waals surface area contributed by atoms with Crippen molar-refractivity contribution in [1.82, 2.24) is 15.2 Å². The molecule has 5 heteroatoms. The molecule has 2 aliphatic rings. The Morgan fingerprint density at radius 3 is 3.00 bits per heavy atom. The summed E-state index contributed by atoms with van der Waals surface area (Å²) in [5.41, 5.74) is 1.61. The maximum atomic E-state index is 12.4. The Morgan fingerprint density at radius 2 is 2.29 bits per heavy atom. The number of β-amino-alcohol motifs (C(OH)–C–C–N with tert-alkyl or cyclic N) is 1. The monoisotopic (exact) mass is 289 g/mol. The molecule has 0 spiro atoms. The number of hydrogen-bond donors (Lipinski definition) is 2. The first-order valence-electron chi connectivity index (χ1n) is 7.79. The van der Waals surface area contributed by atoms with Gasteiger partial charge in [0.15, 0.2) is 0 Å². The van der Waals surface area contributed by atoms with Gasteiger partial charge in [-0.05, 0) is 44.2 Å². The summed E-state index contributed by atoms with van der Waals surface area (Å²) in [5.74, 6) is -0.0303. The van der Waals surface area contributed by atoms with Gasteiger partial charge in [-0.25, -0.2) is 0 Å². The second-order valence-corrected chi connectivity index (χ2v) is 6.21. The van der Waals surface area contributed by atoms with Crippen LogP contribution in [-0.4, -0.2) is 52.2 Å². The van der Waals surface area contributed by atoms with Crippen LogP contribution in [0.3, 0.4) is 0 Å². The molecule has 0 aromatic carbocycles. The fourth-order valence-corrected chi connectivity index (χ4v) is 3.56. The van der Waals surface area contributed by atoms with Crippen molar-refractivity contribution in [3.63, 3.8) is 0 Å². The lowest BCUT2D eigenvalue weighted by Crippen LogP contribution is -2.48. The summed E-state index contributed by atoms with van der Waals surface area (Å²) in [6, 6.07) is 2.41. The SMILES string of the molecule is Cc1ccncc1C(=O)N[C@@H]1CCC[C@@H]1N1CCC(O)C1. The van der Waals surface area contributed by atoms with E-state index in [9.17, 15) is 9.90 Å². The summed E-state index contributed by atoms with van der Waals surface area (Å²) < 4.78 is 0. The average molecular weight is 289 g/mol. The number of aryl methyl sites for hydroxylation is 1. The molecule has 2 N–H and O–H groups in total. The zero-order chi connectivity index (χ0) is 14.8. The van der Waals surface area contributed by atoms with E-state index in [0.717, 1.165) is 44.3 Å². The minimum absolute atomic E-state index is 0.0303. The van der Waals surface area contributed by atoms with Gasteiger partial charge in [-0.2, -0.15) is 0 Å². The van der Waals surface area contributed by atoms with Crippen LogP contribution in [0.5, 0.6) is 0 Å².